The van der Waals surface area contributed by atoms with E-state index in [1.54, 1.807) is 4.90 Å². The number of urea groups is 1. The van der Waals surface area contributed by atoms with Gasteiger partial charge in [0.15, 0.2) is 0 Å². The molecule has 1 fully saturated rings. The molecule has 0 aromatic heterocycles. The molecule has 0 saturated carbocycles. The third-order valence-electron chi connectivity index (χ3n) is 3.60. The van der Waals surface area contributed by atoms with Gasteiger partial charge in [-0.05, 0) is 32.1 Å². The van der Waals surface area contributed by atoms with Crippen LogP contribution in [0.5, 0.6) is 0 Å². The van der Waals surface area contributed by atoms with Crippen molar-refractivity contribution >= 4 is 18.0 Å². The zero-order chi connectivity index (χ0) is 15.1. The van der Waals surface area contributed by atoms with Gasteiger partial charge in [-0.3, -0.25) is 4.79 Å². The molecule has 1 unspecified atom stereocenters. The van der Waals surface area contributed by atoms with E-state index < -0.39 is 24.0 Å². The van der Waals surface area contributed by atoms with Gasteiger partial charge >= 0.3 is 18.0 Å². The fraction of sp³-hybridized carbons (Fsp3) is 0.769. The Morgan fingerprint density at radius 1 is 1.30 bits per heavy atom. The van der Waals surface area contributed by atoms with Crippen molar-refractivity contribution in [2.45, 2.75) is 57.5 Å². The van der Waals surface area contributed by atoms with Crippen LogP contribution in [0.1, 0.15) is 45.4 Å². The SMILES string of the molecule is CCC1CCCCN1C(=O)N[C@@H](CCC(=O)O)C(=O)O. The van der Waals surface area contributed by atoms with Gasteiger partial charge in [-0.15, -0.1) is 0 Å². The normalized spacial score (nSPS) is 20.2. The maximum atomic E-state index is 12.1. The number of nitrogens with one attached hydrogen (secondary N) is 1. The van der Waals surface area contributed by atoms with Gasteiger partial charge in [-0.1, -0.05) is 6.92 Å². The van der Waals surface area contributed by atoms with Crippen LogP contribution in [0.15, 0.2) is 0 Å². The zero-order valence-electron chi connectivity index (χ0n) is 11.7. The molecule has 20 heavy (non-hydrogen) atoms. The number of hydrogen-bond donors (Lipinski definition) is 3. The minimum Gasteiger partial charge on any atom is -0.481 e. The van der Waals surface area contributed by atoms with E-state index >= 15 is 0 Å². The summed E-state index contributed by atoms with van der Waals surface area (Å²) in [6, 6.07) is -1.43. The summed E-state index contributed by atoms with van der Waals surface area (Å²) >= 11 is 0. The van der Waals surface area contributed by atoms with Crippen molar-refractivity contribution < 1.29 is 24.6 Å². The number of nitrogens with zero attached hydrogens (tertiary/aromatic N) is 1. The Labute approximate surface area is 117 Å². The molecule has 2 amide bonds. The van der Waals surface area contributed by atoms with Gasteiger partial charge in [0, 0.05) is 19.0 Å². The zero-order valence-corrected chi connectivity index (χ0v) is 11.7. The Morgan fingerprint density at radius 2 is 2.00 bits per heavy atom. The van der Waals surface area contributed by atoms with Gasteiger partial charge in [0.05, 0.1) is 0 Å². The largest absolute Gasteiger partial charge is 0.481 e. The van der Waals surface area contributed by atoms with Gasteiger partial charge in [0.2, 0.25) is 0 Å². The van der Waals surface area contributed by atoms with E-state index in [2.05, 4.69) is 5.32 Å². The molecule has 3 N–H and O–H groups in total. The summed E-state index contributed by atoms with van der Waals surface area (Å²) in [5.74, 6) is -2.28. The van der Waals surface area contributed by atoms with Crippen LogP contribution in [0, 0.1) is 0 Å². The van der Waals surface area contributed by atoms with Gasteiger partial charge < -0.3 is 20.4 Å². The van der Waals surface area contributed by atoms with Crippen molar-refractivity contribution in [1.29, 1.82) is 0 Å². The summed E-state index contributed by atoms with van der Waals surface area (Å²) in [5.41, 5.74) is 0. The highest BCUT2D eigenvalue weighted by Gasteiger charge is 2.28. The monoisotopic (exact) mass is 286 g/mol. The highest BCUT2D eigenvalue weighted by Crippen LogP contribution is 2.19. The van der Waals surface area contributed by atoms with Crippen LogP contribution < -0.4 is 5.32 Å². The highest BCUT2D eigenvalue weighted by molar-refractivity contribution is 5.83. The van der Waals surface area contributed by atoms with Crippen molar-refractivity contribution in [2.24, 2.45) is 0 Å². The molecule has 1 saturated heterocycles. The Kier molecular flexibility index (Phi) is 6.27. The fourth-order valence-corrected chi connectivity index (χ4v) is 2.45. The first-order chi connectivity index (χ1) is 9.45. The van der Waals surface area contributed by atoms with Gasteiger partial charge in [0.1, 0.15) is 6.04 Å². The first kappa shape index (κ1) is 16.3. The number of rotatable bonds is 6. The van der Waals surface area contributed by atoms with Crippen molar-refractivity contribution in [3.63, 3.8) is 0 Å². The van der Waals surface area contributed by atoms with Crippen molar-refractivity contribution in [1.82, 2.24) is 10.2 Å². The Hall–Kier alpha value is -1.79. The smallest absolute Gasteiger partial charge is 0.326 e. The van der Waals surface area contributed by atoms with E-state index in [1.807, 2.05) is 6.92 Å². The van der Waals surface area contributed by atoms with Crippen LogP contribution in [-0.4, -0.2) is 51.7 Å². The average molecular weight is 286 g/mol. The molecule has 0 bridgehead atoms. The minimum absolute atomic E-state index is 0.110. The quantitative estimate of drug-likeness (QED) is 0.681. The highest BCUT2D eigenvalue weighted by atomic mass is 16.4. The number of carboxylic acids is 2. The lowest BCUT2D eigenvalue weighted by Gasteiger charge is -2.35. The topological polar surface area (TPSA) is 107 Å². The van der Waals surface area contributed by atoms with Crippen LogP contribution >= 0.6 is 0 Å². The van der Waals surface area contributed by atoms with Crippen LogP contribution in [-0.2, 0) is 9.59 Å². The van der Waals surface area contributed by atoms with Crippen LogP contribution in [0.2, 0.25) is 0 Å². The van der Waals surface area contributed by atoms with Gasteiger partial charge in [-0.2, -0.15) is 0 Å². The Morgan fingerprint density at radius 3 is 2.55 bits per heavy atom. The number of piperidine rings is 1. The molecule has 1 aliphatic heterocycles. The van der Waals surface area contributed by atoms with Gasteiger partial charge in [-0.25, -0.2) is 9.59 Å². The summed E-state index contributed by atoms with van der Waals surface area (Å²) < 4.78 is 0. The molecule has 0 aromatic rings. The van der Waals surface area contributed by atoms with Crippen LogP contribution in [0.4, 0.5) is 4.79 Å². The number of amides is 2. The summed E-state index contributed by atoms with van der Waals surface area (Å²) in [6.45, 7) is 2.62. The summed E-state index contributed by atoms with van der Waals surface area (Å²) in [6.07, 6.45) is 3.35. The van der Waals surface area contributed by atoms with E-state index in [4.69, 9.17) is 10.2 Å². The molecule has 114 valence electrons. The van der Waals surface area contributed by atoms with Crippen molar-refractivity contribution in [2.75, 3.05) is 6.54 Å². The predicted octanol–water partition coefficient (Wildman–Crippen LogP) is 1.28. The first-order valence-electron chi connectivity index (χ1n) is 6.97. The van der Waals surface area contributed by atoms with E-state index in [0.717, 1.165) is 25.7 Å². The maximum absolute atomic E-state index is 12.1. The fourth-order valence-electron chi connectivity index (χ4n) is 2.45. The lowest BCUT2D eigenvalue weighted by atomic mass is 10.0. The second-order valence-electron chi connectivity index (χ2n) is 5.02. The molecule has 0 aromatic carbocycles. The average Bonchev–Trinajstić information content (AvgIpc) is 2.42. The number of hydrogen-bond acceptors (Lipinski definition) is 3. The van der Waals surface area contributed by atoms with E-state index in [9.17, 15) is 14.4 Å². The lowest BCUT2D eigenvalue weighted by Crippen LogP contribution is -2.52. The molecule has 2 atom stereocenters. The minimum atomic E-state index is -1.20. The van der Waals surface area contributed by atoms with E-state index in [0.29, 0.717) is 6.54 Å². The second kappa shape index (κ2) is 7.72. The number of carbonyl (C=O) groups excluding carboxylic acids is 1. The summed E-state index contributed by atoms with van der Waals surface area (Å²) in [7, 11) is 0. The number of carbonyl (C=O) groups is 3. The third-order valence-corrected chi connectivity index (χ3v) is 3.60. The Bertz CT molecular complexity index is 372. The molecule has 0 radical (unpaired) electrons. The predicted molar refractivity (Wildman–Crippen MR) is 71.5 cm³/mol. The molecule has 0 aliphatic carbocycles. The Balaban J connectivity index is 2.59. The van der Waals surface area contributed by atoms with Crippen molar-refractivity contribution in [3.05, 3.63) is 0 Å². The first-order valence-corrected chi connectivity index (χ1v) is 6.97. The van der Waals surface area contributed by atoms with E-state index in [1.165, 1.54) is 0 Å². The molecular weight excluding hydrogens is 264 g/mol. The molecule has 1 aliphatic rings. The van der Waals surface area contributed by atoms with E-state index in [-0.39, 0.29) is 18.9 Å². The molecule has 1 rings (SSSR count). The van der Waals surface area contributed by atoms with Gasteiger partial charge in [0.25, 0.3) is 0 Å². The molecule has 7 nitrogen and oxygen atoms in total. The number of likely N-dealkylation sites (tertiary alicyclic amines) is 1. The second-order valence-corrected chi connectivity index (χ2v) is 5.02. The third kappa shape index (κ3) is 4.71. The molecule has 7 heteroatoms. The standard InChI is InChI=1S/C13H22N2O5/c1-2-9-5-3-4-8-15(9)13(20)14-10(12(18)19)6-7-11(16)17/h9-10H,2-8H2,1H3,(H,14,20)(H,16,17)(H,18,19)/t9?,10-/m0/s1. The van der Waals surface area contributed by atoms with Crippen LogP contribution in [0.25, 0.3) is 0 Å². The summed E-state index contributed by atoms with van der Waals surface area (Å²) in [4.78, 5) is 35.3. The van der Waals surface area contributed by atoms with Crippen LogP contribution in [0.3, 0.4) is 0 Å². The maximum Gasteiger partial charge on any atom is 0.326 e. The van der Waals surface area contributed by atoms with Crippen molar-refractivity contribution in [3.8, 4) is 0 Å². The lowest BCUT2D eigenvalue weighted by molar-refractivity contribution is -0.140. The molecule has 1 heterocycles. The molecular formula is C13H22N2O5. The number of carboxylic acid groups (broad SMARTS) is 2. The number of aliphatic carboxylic acids is 2. The molecule has 0 spiro atoms. The summed E-state index contributed by atoms with van der Waals surface area (Å²) in [5, 5.41) is 20.1.